The second-order valence-electron chi connectivity index (χ2n) is 6.01. The van der Waals surface area contributed by atoms with E-state index in [2.05, 4.69) is 5.32 Å². The summed E-state index contributed by atoms with van der Waals surface area (Å²) in [6.45, 7) is 5.74. The van der Waals surface area contributed by atoms with Crippen molar-refractivity contribution >= 4 is 21.8 Å². The van der Waals surface area contributed by atoms with Gasteiger partial charge in [0.1, 0.15) is 0 Å². The molecule has 0 aromatic heterocycles. The number of carbonyl (C=O) groups excluding carboxylic acids is 1. The Bertz CT molecular complexity index is 489. The minimum atomic E-state index is -3.07. The van der Waals surface area contributed by atoms with Crippen LogP contribution in [0.4, 0.5) is 4.79 Å². The highest BCUT2D eigenvalue weighted by Gasteiger charge is 2.31. The first-order valence-corrected chi connectivity index (χ1v) is 8.92. The number of carboxylic acid groups (broad SMARTS) is 1. The predicted octanol–water partition coefficient (Wildman–Crippen LogP) is 0.562. The summed E-state index contributed by atoms with van der Waals surface area (Å²) in [5, 5.41) is 11.7. The summed E-state index contributed by atoms with van der Waals surface area (Å²) in [4.78, 5) is 24.6. The first-order chi connectivity index (χ1) is 9.62. The highest BCUT2D eigenvalue weighted by molar-refractivity contribution is 7.91. The maximum Gasteiger partial charge on any atom is 0.317 e. The van der Waals surface area contributed by atoms with Gasteiger partial charge in [0.15, 0.2) is 9.84 Å². The van der Waals surface area contributed by atoms with E-state index in [9.17, 15) is 18.0 Å². The fourth-order valence-corrected chi connectivity index (χ4v) is 4.01. The van der Waals surface area contributed by atoms with Crippen LogP contribution in [0.5, 0.6) is 0 Å². The van der Waals surface area contributed by atoms with Gasteiger partial charge in [-0.15, -0.1) is 0 Å². The Morgan fingerprint density at radius 1 is 1.38 bits per heavy atom. The lowest BCUT2D eigenvalue weighted by Crippen LogP contribution is -2.54. The standard InChI is InChI=1S/C13H24N2O5S/c1-9(2)6-11(12(16)17)7-14-13(18)15-4-5-21(19,20)8-10(15)3/h9-11H,4-8H2,1-3H3,(H,14,18)(H,16,17). The van der Waals surface area contributed by atoms with Gasteiger partial charge in [0.2, 0.25) is 0 Å². The third-order valence-corrected chi connectivity index (χ3v) is 5.33. The summed E-state index contributed by atoms with van der Waals surface area (Å²) in [6.07, 6.45) is 0.486. The summed E-state index contributed by atoms with van der Waals surface area (Å²) in [6, 6.07) is -0.787. The number of nitrogens with zero attached hydrogens (tertiary/aromatic N) is 1. The molecule has 122 valence electrons. The van der Waals surface area contributed by atoms with Crippen LogP contribution in [-0.4, -0.2) is 61.1 Å². The van der Waals surface area contributed by atoms with Crippen LogP contribution in [0.2, 0.25) is 0 Å². The second kappa shape index (κ2) is 7.11. The molecule has 2 N–H and O–H groups in total. The van der Waals surface area contributed by atoms with Gasteiger partial charge in [0.25, 0.3) is 0 Å². The molecular weight excluding hydrogens is 296 g/mol. The number of hydrogen-bond acceptors (Lipinski definition) is 4. The summed E-state index contributed by atoms with van der Waals surface area (Å²) in [5.41, 5.74) is 0. The molecule has 0 saturated carbocycles. The minimum Gasteiger partial charge on any atom is -0.481 e. The average Bonchev–Trinajstić information content (AvgIpc) is 2.32. The van der Waals surface area contributed by atoms with E-state index < -0.39 is 33.8 Å². The number of amides is 2. The quantitative estimate of drug-likeness (QED) is 0.770. The van der Waals surface area contributed by atoms with Gasteiger partial charge in [-0.2, -0.15) is 0 Å². The Labute approximate surface area is 125 Å². The number of hydrogen-bond donors (Lipinski definition) is 2. The summed E-state index contributed by atoms with van der Waals surface area (Å²) >= 11 is 0. The zero-order valence-corrected chi connectivity index (χ0v) is 13.5. The van der Waals surface area contributed by atoms with Crippen molar-refractivity contribution in [3.8, 4) is 0 Å². The van der Waals surface area contributed by atoms with Crippen molar-refractivity contribution in [1.82, 2.24) is 10.2 Å². The fraction of sp³-hybridized carbons (Fsp3) is 0.846. The largest absolute Gasteiger partial charge is 0.481 e. The van der Waals surface area contributed by atoms with Crippen LogP contribution < -0.4 is 5.32 Å². The maximum atomic E-state index is 12.1. The highest BCUT2D eigenvalue weighted by atomic mass is 32.2. The van der Waals surface area contributed by atoms with Crippen molar-refractivity contribution in [3.63, 3.8) is 0 Å². The Hall–Kier alpha value is -1.31. The van der Waals surface area contributed by atoms with Gasteiger partial charge in [-0.05, 0) is 19.3 Å². The molecule has 1 aliphatic heterocycles. The lowest BCUT2D eigenvalue weighted by atomic mass is 9.97. The molecular formula is C13H24N2O5S. The third kappa shape index (κ3) is 5.53. The van der Waals surface area contributed by atoms with Crippen LogP contribution in [0.1, 0.15) is 27.2 Å². The van der Waals surface area contributed by atoms with E-state index in [1.165, 1.54) is 4.90 Å². The monoisotopic (exact) mass is 320 g/mol. The third-order valence-electron chi connectivity index (χ3n) is 3.54. The molecule has 0 aromatic rings. The van der Waals surface area contributed by atoms with E-state index in [-0.39, 0.29) is 30.5 Å². The molecule has 1 saturated heterocycles. The van der Waals surface area contributed by atoms with Crippen molar-refractivity contribution in [2.24, 2.45) is 11.8 Å². The van der Waals surface area contributed by atoms with E-state index in [4.69, 9.17) is 5.11 Å². The zero-order valence-electron chi connectivity index (χ0n) is 12.7. The van der Waals surface area contributed by atoms with Crippen LogP contribution >= 0.6 is 0 Å². The molecule has 1 fully saturated rings. The van der Waals surface area contributed by atoms with Crippen LogP contribution in [0.3, 0.4) is 0 Å². The molecule has 0 aromatic carbocycles. The first-order valence-electron chi connectivity index (χ1n) is 7.10. The second-order valence-corrected chi connectivity index (χ2v) is 8.24. The number of aliphatic carboxylic acids is 1. The van der Waals surface area contributed by atoms with Gasteiger partial charge in [-0.1, -0.05) is 13.8 Å². The molecule has 2 amide bonds. The van der Waals surface area contributed by atoms with Gasteiger partial charge < -0.3 is 15.3 Å². The molecule has 1 rings (SSSR count). The van der Waals surface area contributed by atoms with Gasteiger partial charge in [0.05, 0.1) is 17.4 Å². The number of rotatable bonds is 5. The smallest absolute Gasteiger partial charge is 0.317 e. The number of sulfone groups is 1. The molecule has 21 heavy (non-hydrogen) atoms. The van der Waals surface area contributed by atoms with Crippen molar-refractivity contribution in [2.45, 2.75) is 33.2 Å². The van der Waals surface area contributed by atoms with Crippen molar-refractivity contribution < 1.29 is 23.1 Å². The van der Waals surface area contributed by atoms with E-state index in [1.807, 2.05) is 13.8 Å². The molecule has 0 aliphatic carbocycles. The molecule has 0 radical (unpaired) electrons. The molecule has 8 heteroatoms. The highest BCUT2D eigenvalue weighted by Crippen LogP contribution is 2.13. The van der Waals surface area contributed by atoms with Crippen LogP contribution in [0, 0.1) is 11.8 Å². The average molecular weight is 320 g/mol. The zero-order chi connectivity index (χ0) is 16.2. The summed E-state index contributed by atoms with van der Waals surface area (Å²) in [5.74, 6) is -1.42. The maximum absolute atomic E-state index is 12.1. The molecule has 1 heterocycles. The van der Waals surface area contributed by atoms with Crippen LogP contribution in [0.25, 0.3) is 0 Å². The van der Waals surface area contributed by atoms with Gasteiger partial charge >= 0.3 is 12.0 Å². The van der Waals surface area contributed by atoms with Crippen LogP contribution in [-0.2, 0) is 14.6 Å². The molecule has 1 aliphatic rings. The summed E-state index contributed by atoms with van der Waals surface area (Å²) in [7, 11) is -3.07. The van der Waals surface area contributed by atoms with E-state index in [1.54, 1.807) is 6.92 Å². The lowest BCUT2D eigenvalue weighted by Gasteiger charge is -2.33. The number of urea groups is 1. The van der Waals surface area contributed by atoms with Crippen LogP contribution in [0.15, 0.2) is 0 Å². The molecule has 7 nitrogen and oxygen atoms in total. The SMILES string of the molecule is CC(C)CC(CNC(=O)N1CCS(=O)(=O)CC1C)C(=O)O. The van der Waals surface area contributed by atoms with Gasteiger partial charge in [0, 0.05) is 19.1 Å². The number of carbonyl (C=O) groups is 2. The van der Waals surface area contributed by atoms with E-state index >= 15 is 0 Å². The Balaban J connectivity index is 2.55. The minimum absolute atomic E-state index is 0.0425. The van der Waals surface area contributed by atoms with Gasteiger partial charge in [-0.25, -0.2) is 13.2 Å². The number of nitrogens with one attached hydrogen (secondary N) is 1. The van der Waals surface area contributed by atoms with E-state index in [0.717, 1.165) is 0 Å². The predicted molar refractivity (Wildman–Crippen MR) is 78.8 cm³/mol. The Kier molecular flexibility index (Phi) is 6.00. The van der Waals surface area contributed by atoms with Gasteiger partial charge in [-0.3, -0.25) is 4.79 Å². The lowest BCUT2D eigenvalue weighted by molar-refractivity contribution is -0.142. The number of carboxylic acids is 1. The topological polar surface area (TPSA) is 104 Å². The summed E-state index contributed by atoms with van der Waals surface area (Å²) < 4.78 is 22.9. The molecule has 2 unspecified atom stereocenters. The molecule has 0 bridgehead atoms. The van der Waals surface area contributed by atoms with E-state index in [0.29, 0.717) is 6.42 Å². The van der Waals surface area contributed by atoms with Crippen molar-refractivity contribution in [1.29, 1.82) is 0 Å². The Morgan fingerprint density at radius 3 is 2.48 bits per heavy atom. The van der Waals surface area contributed by atoms with Crippen molar-refractivity contribution in [3.05, 3.63) is 0 Å². The fourth-order valence-electron chi connectivity index (χ4n) is 2.45. The normalized spacial score (nSPS) is 22.9. The first kappa shape index (κ1) is 17.7. The molecule has 2 atom stereocenters. The molecule has 0 spiro atoms. The Morgan fingerprint density at radius 2 is 2.00 bits per heavy atom. The van der Waals surface area contributed by atoms with Crippen molar-refractivity contribution in [2.75, 3.05) is 24.6 Å².